The van der Waals surface area contributed by atoms with Crippen LogP contribution in [0.15, 0.2) is 0 Å². The first-order chi connectivity index (χ1) is 2.00. The van der Waals surface area contributed by atoms with Gasteiger partial charge in [-0.3, -0.25) is 0 Å². The average molecular weight is 217 g/mol. The zero-order chi connectivity index (χ0) is 4.50. The molecule has 0 saturated heterocycles. The van der Waals surface area contributed by atoms with Gasteiger partial charge in [-0.1, -0.05) is 0 Å². The molecule has 4 nitrogen and oxygen atoms in total. The Bertz CT molecular complexity index is 71.5. The van der Waals surface area contributed by atoms with Crippen LogP contribution in [0.25, 0.3) is 0 Å². The van der Waals surface area contributed by atoms with Gasteiger partial charge in [0.05, 0.1) is 0 Å². The Kier molecular flexibility index (Phi) is 29.0. The molecule has 0 spiro atoms. The molecule has 8 heteroatoms. The molecule has 8 heavy (non-hydrogen) atoms. The van der Waals surface area contributed by atoms with Crippen molar-refractivity contribution in [3.05, 3.63) is 0 Å². The van der Waals surface area contributed by atoms with E-state index in [1.807, 2.05) is 0 Å². The van der Waals surface area contributed by atoms with E-state index in [-0.39, 0.29) is 106 Å². The topological polar surface area (TPSA) is 77.8 Å². The van der Waals surface area contributed by atoms with Crippen LogP contribution in [0.5, 0.6) is 0 Å². The molecule has 0 atom stereocenters. The molecule has 0 rings (SSSR count). The fourth-order valence-electron chi connectivity index (χ4n) is 0. The number of rotatable bonds is 0. The number of phosphoric acid groups is 1. The fourth-order valence-corrected chi connectivity index (χ4v) is 0. The third-order valence-corrected chi connectivity index (χ3v) is 0. The van der Waals surface area contributed by atoms with Crippen LogP contribution in [0.2, 0.25) is 0 Å². The van der Waals surface area contributed by atoms with Crippen LogP contribution in [0.3, 0.4) is 0 Å². The van der Waals surface area contributed by atoms with Gasteiger partial charge in [0.25, 0.3) is 0 Å². The van der Waals surface area contributed by atoms with Gasteiger partial charge in [-0.25, -0.2) is 4.57 Å². The Morgan fingerprint density at radius 1 is 1.25 bits per heavy atom. The smallest absolute Gasteiger partial charge is 1.00 e. The van der Waals surface area contributed by atoms with Crippen molar-refractivity contribution < 1.29 is 74.9 Å². The molecular weight excluding hydrogens is 210 g/mol. The molecule has 3 N–H and O–H groups in total. The van der Waals surface area contributed by atoms with Gasteiger partial charge in [0, 0.05) is 0 Å². The first kappa shape index (κ1) is 22.5. The van der Waals surface area contributed by atoms with E-state index in [1.54, 1.807) is 0 Å². The van der Waals surface area contributed by atoms with Crippen LogP contribution in [0.1, 0.15) is 4.28 Å². The van der Waals surface area contributed by atoms with E-state index in [4.69, 9.17) is 19.2 Å². The summed E-state index contributed by atoms with van der Waals surface area (Å²) < 4.78 is 8.88. The van der Waals surface area contributed by atoms with Crippen molar-refractivity contribution in [2.45, 2.75) is 0 Å². The fraction of sp³-hybridized carbons (Fsp3) is 0. The summed E-state index contributed by atoms with van der Waals surface area (Å²) in [5.41, 5.74) is 0. The van der Waals surface area contributed by atoms with Crippen LogP contribution in [-0.4, -0.2) is 52.4 Å². The predicted octanol–water partition coefficient (Wildman–Crippen LogP) is -3.55. The molecule has 0 aromatic rings. The van der Waals surface area contributed by atoms with Gasteiger partial charge in [0.1, 0.15) is 0 Å². The van der Waals surface area contributed by atoms with Crippen LogP contribution in [-0.2, 0) is 4.57 Å². The zero-order valence-corrected chi connectivity index (χ0v) is 11.4. The van der Waals surface area contributed by atoms with E-state index in [2.05, 4.69) is 0 Å². The standard InChI is InChI=1S/Ca.ClH.K.H3O4P.3H/c;;;1-5(2,3)4;;;/h;1H;;(H3,1,2,3,4);;;/q+2;;+1;;3*-1. The second kappa shape index (κ2) is 10.3. The van der Waals surface area contributed by atoms with Gasteiger partial charge in [0.2, 0.25) is 0 Å². The van der Waals surface area contributed by atoms with Crippen molar-refractivity contribution in [1.29, 1.82) is 0 Å². The summed E-state index contributed by atoms with van der Waals surface area (Å²) in [4.78, 5) is 21.6. The van der Waals surface area contributed by atoms with E-state index < -0.39 is 7.82 Å². The maximum atomic E-state index is 8.88. The van der Waals surface area contributed by atoms with E-state index in [0.29, 0.717) is 0 Å². The molecule has 46 valence electrons. The molecular formula is H7CaClKO4P. The summed E-state index contributed by atoms with van der Waals surface area (Å²) in [5, 5.41) is 0. The molecule has 0 aromatic carbocycles. The molecule has 0 unspecified atom stereocenters. The third-order valence-electron chi connectivity index (χ3n) is 0. The number of hydrogen-bond acceptors (Lipinski definition) is 1. The summed E-state index contributed by atoms with van der Waals surface area (Å²) in [6.07, 6.45) is 0. The Morgan fingerprint density at radius 3 is 1.25 bits per heavy atom. The van der Waals surface area contributed by atoms with Crippen molar-refractivity contribution in [1.82, 2.24) is 0 Å². The van der Waals surface area contributed by atoms with Crippen LogP contribution >= 0.6 is 20.2 Å². The third kappa shape index (κ3) is 58.9. The van der Waals surface area contributed by atoms with Crippen molar-refractivity contribution in [2.75, 3.05) is 0 Å². The second-order valence-electron chi connectivity index (χ2n) is 0.513. The largest absolute Gasteiger partial charge is 2.00 e. The van der Waals surface area contributed by atoms with Crippen LogP contribution < -0.4 is 51.4 Å². The SMILES string of the molecule is Cl.O=P(O)(O)O.[Ca+2].[H-].[H-].[H-].[K+]. The van der Waals surface area contributed by atoms with E-state index in [0.717, 1.165) is 0 Å². The maximum absolute atomic E-state index is 8.88. The molecule has 0 aliphatic carbocycles. The van der Waals surface area contributed by atoms with Crippen molar-refractivity contribution in [2.24, 2.45) is 0 Å². The van der Waals surface area contributed by atoms with Gasteiger partial charge in [-0.05, 0) is 0 Å². The van der Waals surface area contributed by atoms with E-state index >= 15 is 0 Å². The summed E-state index contributed by atoms with van der Waals surface area (Å²) in [5.74, 6) is 0. The normalized spacial score (nSPS) is 7.38. The van der Waals surface area contributed by atoms with Crippen LogP contribution in [0.4, 0.5) is 0 Å². The van der Waals surface area contributed by atoms with Gasteiger partial charge in [-0.2, -0.15) is 0 Å². The first-order valence-electron chi connectivity index (χ1n) is 0.783. The Balaban J connectivity index is -0.00000000533. The molecule has 0 radical (unpaired) electrons. The maximum Gasteiger partial charge on any atom is 2.00 e. The second-order valence-corrected chi connectivity index (χ2v) is 1.54. The van der Waals surface area contributed by atoms with Gasteiger partial charge >= 0.3 is 96.9 Å². The zero-order valence-electron chi connectivity index (χ0n) is 7.31. The Morgan fingerprint density at radius 2 is 1.25 bits per heavy atom. The minimum Gasteiger partial charge on any atom is -1.00 e. The average Bonchev–Trinajstić information content (AvgIpc) is 0.722. The van der Waals surface area contributed by atoms with Gasteiger partial charge in [0.15, 0.2) is 0 Å². The molecule has 0 aromatic heterocycles. The van der Waals surface area contributed by atoms with Crippen LogP contribution in [0, 0.1) is 0 Å². The molecule has 0 fully saturated rings. The van der Waals surface area contributed by atoms with Crippen molar-refractivity contribution in [3.8, 4) is 0 Å². The van der Waals surface area contributed by atoms with Gasteiger partial charge in [-0.15, -0.1) is 12.4 Å². The molecule has 0 amide bonds. The summed E-state index contributed by atoms with van der Waals surface area (Å²) in [6.45, 7) is 0. The minimum atomic E-state index is -4.64. The van der Waals surface area contributed by atoms with E-state index in [1.165, 1.54) is 0 Å². The molecule has 0 saturated carbocycles. The molecule has 0 aliphatic rings. The number of halogens is 1. The Hall–Kier alpha value is 3.30. The number of hydrogen-bond donors (Lipinski definition) is 3. The molecule has 0 bridgehead atoms. The quantitative estimate of drug-likeness (QED) is 0.290. The van der Waals surface area contributed by atoms with E-state index in [9.17, 15) is 0 Å². The summed E-state index contributed by atoms with van der Waals surface area (Å²) in [7, 11) is -4.64. The Labute approximate surface area is 130 Å². The molecule has 0 heterocycles. The van der Waals surface area contributed by atoms with Crippen molar-refractivity contribution >= 4 is 58.0 Å². The first-order valence-corrected chi connectivity index (χ1v) is 2.35. The summed E-state index contributed by atoms with van der Waals surface area (Å²) in [6, 6.07) is 0. The summed E-state index contributed by atoms with van der Waals surface area (Å²) >= 11 is 0. The predicted molar refractivity (Wildman–Crippen MR) is 30.6 cm³/mol. The monoisotopic (exact) mass is 216 g/mol. The minimum absolute atomic E-state index is 0. The molecule has 0 aliphatic heterocycles. The van der Waals surface area contributed by atoms with Crippen molar-refractivity contribution in [3.63, 3.8) is 0 Å². The van der Waals surface area contributed by atoms with Gasteiger partial charge < -0.3 is 19.0 Å².